The molecule has 0 nitrogen and oxygen atoms in total. The molecule has 1 atom stereocenters. The minimum atomic E-state index is -0.729. The molecule has 0 saturated heterocycles. The Morgan fingerprint density at radius 3 is 2.93 bits per heavy atom. The van der Waals surface area contributed by atoms with Crippen LogP contribution >= 0.6 is 10.0 Å². The van der Waals surface area contributed by atoms with Gasteiger partial charge in [-0.2, -0.15) is 6.42 Å². The van der Waals surface area contributed by atoms with Crippen molar-refractivity contribution in [2.75, 3.05) is 6.26 Å². The largest absolute Gasteiger partial charge is 2.00 e. The second-order valence-electron chi connectivity index (χ2n) is 3.75. The minimum Gasteiger partial charge on any atom is -0.490 e. The van der Waals surface area contributed by atoms with Gasteiger partial charge in [-0.3, -0.25) is 5.75 Å². The Balaban J connectivity index is 0.000000980. The molecule has 0 bridgehead atoms. The van der Waals surface area contributed by atoms with Crippen LogP contribution in [0.5, 0.6) is 0 Å². The van der Waals surface area contributed by atoms with E-state index in [1.807, 2.05) is 0 Å². The summed E-state index contributed by atoms with van der Waals surface area (Å²) in [4.78, 5) is 1.57. The van der Waals surface area contributed by atoms with E-state index in [9.17, 15) is 0 Å². The van der Waals surface area contributed by atoms with Crippen molar-refractivity contribution in [1.29, 1.82) is 0 Å². The standard InChI is InChI=1S/C12H16S.U/c1-13(10-6-3-7-11-13)12-8-4-2-5-9-12;/h3,10-11H,2,4-6,8H2,1H3;/q-2;+2. The molecule has 0 aromatic rings. The van der Waals surface area contributed by atoms with Crippen LogP contribution in [0.25, 0.3) is 0 Å². The summed E-state index contributed by atoms with van der Waals surface area (Å²) in [5.41, 5.74) is 3.27. The van der Waals surface area contributed by atoms with Crippen LogP contribution in [-0.4, -0.2) is 6.26 Å². The third-order valence-corrected chi connectivity index (χ3v) is 5.60. The molecule has 14 heavy (non-hydrogen) atoms. The van der Waals surface area contributed by atoms with E-state index >= 15 is 0 Å². The normalized spacial score (nSPS) is 35.4. The topological polar surface area (TPSA) is 0 Å². The molecule has 0 aromatic heterocycles. The molecule has 2 aliphatic rings. The molecule has 0 aromatic carbocycles. The van der Waals surface area contributed by atoms with E-state index in [1.54, 1.807) is 4.91 Å². The predicted octanol–water partition coefficient (Wildman–Crippen LogP) is 3.92. The zero-order valence-corrected chi connectivity index (χ0v) is 13.7. The van der Waals surface area contributed by atoms with Crippen LogP contribution in [0.15, 0.2) is 22.1 Å². The molecular weight excluding hydrogens is 414 g/mol. The quantitative estimate of drug-likeness (QED) is 0.437. The fourth-order valence-electron chi connectivity index (χ4n) is 1.83. The first-order valence-electron chi connectivity index (χ1n) is 4.93. The number of hydrogen-bond acceptors (Lipinski definition) is 0. The van der Waals surface area contributed by atoms with Crippen LogP contribution in [-0.2, 0) is 0 Å². The number of allylic oxidation sites excluding steroid dienone is 3. The van der Waals surface area contributed by atoms with Gasteiger partial charge in [0.1, 0.15) is 0 Å². The summed E-state index contributed by atoms with van der Waals surface area (Å²) in [5, 5.41) is 2.27. The Morgan fingerprint density at radius 2 is 2.36 bits per heavy atom. The molecule has 74 valence electrons. The van der Waals surface area contributed by atoms with Crippen LogP contribution < -0.4 is 0 Å². The van der Waals surface area contributed by atoms with E-state index in [-0.39, 0.29) is 31.1 Å². The maximum atomic E-state index is 3.57. The maximum Gasteiger partial charge on any atom is 2.00 e. The second-order valence-corrected chi connectivity index (χ2v) is 6.90. The molecule has 0 fully saturated rings. The smallest absolute Gasteiger partial charge is 0.490 e. The Morgan fingerprint density at radius 1 is 1.50 bits per heavy atom. The SMILES string of the molecule is CS1(C2=[C-]CCCC2)C=C=CC[CH-]1.[U+2]. The van der Waals surface area contributed by atoms with Gasteiger partial charge in [0, 0.05) is 0 Å². The first-order chi connectivity index (χ1) is 6.31. The van der Waals surface area contributed by atoms with Gasteiger partial charge >= 0.3 is 31.1 Å². The predicted molar refractivity (Wildman–Crippen MR) is 60.3 cm³/mol. The Labute approximate surface area is 113 Å². The third-order valence-electron chi connectivity index (χ3n) is 2.67. The first kappa shape index (κ1) is 12.7. The van der Waals surface area contributed by atoms with Gasteiger partial charge in [-0.05, 0) is 5.41 Å². The van der Waals surface area contributed by atoms with E-state index in [4.69, 9.17) is 0 Å². The van der Waals surface area contributed by atoms with Crippen molar-refractivity contribution >= 4 is 10.0 Å². The van der Waals surface area contributed by atoms with Gasteiger partial charge in [0.2, 0.25) is 0 Å². The molecule has 2 heteroatoms. The van der Waals surface area contributed by atoms with E-state index < -0.39 is 10.0 Å². The van der Waals surface area contributed by atoms with E-state index in [0.29, 0.717) is 0 Å². The van der Waals surface area contributed by atoms with Crippen molar-refractivity contribution in [3.8, 4) is 0 Å². The molecule has 0 spiro atoms. The molecular formula is C12H16SU. The van der Waals surface area contributed by atoms with Crippen molar-refractivity contribution in [1.82, 2.24) is 0 Å². The molecule has 2 rings (SSSR count). The summed E-state index contributed by atoms with van der Waals surface area (Å²) in [5.74, 6) is 2.46. The summed E-state index contributed by atoms with van der Waals surface area (Å²) in [6.45, 7) is 0. The minimum absolute atomic E-state index is 0. The zero-order valence-electron chi connectivity index (χ0n) is 8.68. The number of hydrogen-bond donors (Lipinski definition) is 0. The average Bonchev–Trinajstić information content (AvgIpc) is 2.20. The molecule has 0 radical (unpaired) electrons. The molecule has 0 saturated carbocycles. The zero-order chi connectivity index (χ0) is 9.15. The Kier molecular flexibility index (Phi) is 5.15. The Hall–Kier alpha value is 0.662. The summed E-state index contributed by atoms with van der Waals surface area (Å²) < 4.78 is 0. The van der Waals surface area contributed by atoms with Gasteiger partial charge in [-0.15, -0.1) is 12.2 Å². The van der Waals surface area contributed by atoms with Crippen molar-refractivity contribution in [2.24, 2.45) is 0 Å². The number of rotatable bonds is 1. The summed E-state index contributed by atoms with van der Waals surface area (Å²) in [6.07, 6.45) is 14.3. The monoisotopic (exact) mass is 430 g/mol. The maximum absolute atomic E-state index is 3.57. The van der Waals surface area contributed by atoms with Crippen LogP contribution in [0.1, 0.15) is 32.1 Å². The fraction of sp³-hybridized carbons (Fsp3) is 0.500. The second kappa shape index (κ2) is 5.67. The van der Waals surface area contributed by atoms with Crippen LogP contribution in [0, 0.1) is 42.9 Å². The van der Waals surface area contributed by atoms with Gasteiger partial charge in [0.15, 0.2) is 0 Å². The first-order valence-corrected chi connectivity index (χ1v) is 7.10. The summed E-state index contributed by atoms with van der Waals surface area (Å²) in [7, 11) is -0.729. The molecule has 0 N–H and O–H groups in total. The molecule has 1 heterocycles. The average molecular weight is 430 g/mol. The van der Waals surface area contributed by atoms with Crippen molar-refractivity contribution in [3.63, 3.8) is 0 Å². The van der Waals surface area contributed by atoms with Crippen molar-refractivity contribution in [3.05, 3.63) is 33.9 Å². The summed E-state index contributed by atoms with van der Waals surface area (Å²) in [6, 6.07) is 0. The van der Waals surface area contributed by atoms with Gasteiger partial charge in [0.05, 0.1) is 0 Å². The van der Waals surface area contributed by atoms with E-state index in [1.165, 1.54) is 25.7 Å². The fourth-order valence-corrected chi connectivity index (χ4v) is 4.14. The Bertz CT molecular complexity index is 287. The summed E-state index contributed by atoms with van der Waals surface area (Å²) >= 11 is 0. The van der Waals surface area contributed by atoms with Crippen molar-refractivity contribution in [2.45, 2.75) is 32.1 Å². The molecule has 1 unspecified atom stereocenters. The van der Waals surface area contributed by atoms with E-state index in [2.05, 4.69) is 35.3 Å². The third kappa shape index (κ3) is 2.83. The van der Waals surface area contributed by atoms with Gasteiger partial charge in [0.25, 0.3) is 0 Å². The molecule has 1 aliphatic carbocycles. The van der Waals surface area contributed by atoms with Crippen LogP contribution in [0.4, 0.5) is 0 Å². The van der Waals surface area contributed by atoms with Gasteiger partial charge in [-0.1, -0.05) is 31.6 Å². The van der Waals surface area contributed by atoms with Crippen LogP contribution in [0.3, 0.4) is 0 Å². The van der Waals surface area contributed by atoms with Crippen molar-refractivity contribution < 1.29 is 31.1 Å². The van der Waals surface area contributed by atoms with Gasteiger partial charge < -0.3 is 16.1 Å². The van der Waals surface area contributed by atoms with E-state index in [0.717, 1.165) is 6.42 Å². The molecule has 0 amide bonds. The molecule has 1 aliphatic heterocycles. The van der Waals surface area contributed by atoms with Crippen LogP contribution in [0.2, 0.25) is 0 Å². The van der Waals surface area contributed by atoms with Gasteiger partial charge in [-0.25, -0.2) is 4.91 Å².